The highest BCUT2D eigenvalue weighted by molar-refractivity contribution is 5.78. The molecule has 1 aliphatic rings. The van der Waals surface area contributed by atoms with Crippen molar-refractivity contribution < 1.29 is 9.47 Å². The smallest absolute Gasteiger partial charge is 0.119 e. The fraction of sp³-hybridized carbons (Fsp3) is 0.271. The Bertz CT molecular complexity index is 3480. The number of methoxy groups -OCH3 is 2. The first-order chi connectivity index (χ1) is 42.5. The first-order valence-corrected chi connectivity index (χ1v) is 31.8. The summed E-state index contributed by atoms with van der Waals surface area (Å²) in [6, 6.07) is 66.3. The highest BCUT2D eigenvalue weighted by atomic mass is 16.5. The van der Waals surface area contributed by atoms with Gasteiger partial charge in [0.1, 0.15) is 11.5 Å². The van der Waals surface area contributed by atoms with Gasteiger partial charge >= 0.3 is 0 Å². The standard InChI is InChI=1S/C85H90N2O2/c1-50-21-51(2)30-66(29-50)80(67-31-52(3)22-53(4)32-67)76-45-74(88-17)46-77(81(68-33-54(5)23-55(6)34-68)69-35-56(7)24-57(8)36-69)84(76)86-19-20-87(49-86)85-78(82(70-37-58(9)25-59(10)38-70)71-39-60(11)26-61(12)40-71)47-75(89-18)48-79(85)83(72-41-62(13)27-63(14)42-72)73-43-64(15)28-65(16)44-73/h19-48,80-83H,49H2,1-18H3. The molecular weight excluding hydrogens is 1080 g/mol. The quantitative estimate of drug-likeness (QED) is 0.0900. The van der Waals surface area contributed by atoms with E-state index in [0.717, 1.165) is 22.9 Å². The van der Waals surface area contributed by atoms with E-state index in [1.54, 1.807) is 0 Å². The Morgan fingerprint density at radius 2 is 0.371 bits per heavy atom. The first kappa shape index (κ1) is 61.8. The lowest BCUT2D eigenvalue weighted by Gasteiger charge is -2.35. The number of ether oxygens (including phenoxy) is 2. The molecule has 10 aromatic carbocycles. The molecule has 0 saturated carbocycles. The topological polar surface area (TPSA) is 24.9 Å². The molecule has 1 heterocycles. The lowest BCUT2D eigenvalue weighted by molar-refractivity contribution is 0.413. The van der Waals surface area contributed by atoms with Crippen LogP contribution in [0, 0.1) is 111 Å². The van der Waals surface area contributed by atoms with Gasteiger partial charge in [-0.05, 0) is 202 Å². The maximum atomic E-state index is 6.62. The summed E-state index contributed by atoms with van der Waals surface area (Å²) < 4.78 is 13.2. The molecule has 0 aliphatic carbocycles. The minimum absolute atomic E-state index is 0.179. The van der Waals surface area contributed by atoms with Gasteiger partial charge in [0.25, 0.3) is 0 Å². The second-order valence-electron chi connectivity index (χ2n) is 26.8. The van der Waals surface area contributed by atoms with Crippen LogP contribution in [0.2, 0.25) is 0 Å². The number of benzene rings is 10. The van der Waals surface area contributed by atoms with Crippen LogP contribution in [0.25, 0.3) is 0 Å². The Balaban J connectivity index is 1.27. The van der Waals surface area contributed by atoms with Crippen molar-refractivity contribution in [3.8, 4) is 11.5 Å². The van der Waals surface area contributed by atoms with Crippen LogP contribution in [0.1, 0.15) is 179 Å². The molecule has 0 aromatic heterocycles. The molecule has 11 rings (SSSR count). The summed E-state index contributed by atoms with van der Waals surface area (Å²) in [4.78, 5) is 5.15. The molecule has 0 bridgehead atoms. The summed E-state index contributed by atoms with van der Waals surface area (Å²) in [5, 5.41) is 0. The zero-order valence-corrected chi connectivity index (χ0v) is 56.0. The van der Waals surface area contributed by atoms with Crippen molar-refractivity contribution in [1.29, 1.82) is 0 Å². The number of aryl methyl sites for hydroxylation is 16. The number of nitrogens with zero attached hydrogens (tertiary/aromatic N) is 2. The van der Waals surface area contributed by atoms with Gasteiger partial charge in [-0.3, -0.25) is 0 Å². The number of rotatable bonds is 16. The van der Waals surface area contributed by atoms with Crippen LogP contribution in [0.4, 0.5) is 11.4 Å². The van der Waals surface area contributed by atoms with Crippen molar-refractivity contribution >= 4 is 11.4 Å². The molecule has 4 heteroatoms. The van der Waals surface area contributed by atoms with E-state index >= 15 is 0 Å². The Morgan fingerprint density at radius 3 is 0.506 bits per heavy atom. The second-order valence-corrected chi connectivity index (χ2v) is 26.8. The second kappa shape index (κ2) is 25.3. The summed E-state index contributed by atoms with van der Waals surface area (Å²) in [6.07, 6.45) is 4.75. The lowest BCUT2D eigenvalue weighted by Crippen LogP contribution is -2.30. The van der Waals surface area contributed by atoms with Crippen LogP contribution in [0.15, 0.2) is 182 Å². The number of anilines is 2. The van der Waals surface area contributed by atoms with Crippen LogP contribution in [-0.4, -0.2) is 20.9 Å². The minimum Gasteiger partial charge on any atom is -0.497 e. The third kappa shape index (κ3) is 13.3. The van der Waals surface area contributed by atoms with Crippen molar-refractivity contribution in [2.45, 2.75) is 134 Å². The molecule has 0 saturated heterocycles. The first-order valence-electron chi connectivity index (χ1n) is 31.8. The molecular formula is C85H90N2O2. The van der Waals surface area contributed by atoms with Gasteiger partial charge in [0.15, 0.2) is 0 Å². The highest BCUT2D eigenvalue weighted by Gasteiger charge is 2.37. The van der Waals surface area contributed by atoms with E-state index < -0.39 is 0 Å². The highest BCUT2D eigenvalue weighted by Crippen LogP contribution is 2.52. The summed E-state index contributed by atoms with van der Waals surface area (Å²) in [5.41, 5.74) is 36.8. The van der Waals surface area contributed by atoms with Gasteiger partial charge in [0.05, 0.1) is 32.3 Å². The van der Waals surface area contributed by atoms with Gasteiger partial charge in [-0.15, -0.1) is 0 Å². The van der Waals surface area contributed by atoms with E-state index in [2.05, 4.69) is 303 Å². The molecule has 0 unspecified atom stereocenters. The fourth-order valence-corrected chi connectivity index (χ4v) is 15.4. The van der Waals surface area contributed by atoms with Crippen molar-refractivity contribution in [3.05, 3.63) is 338 Å². The van der Waals surface area contributed by atoms with Crippen LogP contribution >= 0.6 is 0 Å². The molecule has 0 spiro atoms. The van der Waals surface area contributed by atoms with E-state index in [4.69, 9.17) is 9.47 Å². The van der Waals surface area contributed by atoms with Gasteiger partial charge in [-0.1, -0.05) is 235 Å². The maximum Gasteiger partial charge on any atom is 0.119 e. The van der Waals surface area contributed by atoms with Crippen LogP contribution < -0.4 is 19.3 Å². The molecule has 452 valence electrons. The molecule has 4 nitrogen and oxygen atoms in total. The molecule has 89 heavy (non-hydrogen) atoms. The van der Waals surface area contributed by atoms with Crippen molar-refractivity contribution in [2.24, 2.45) is 0 Å². The molecule has 0 fully saturated rings. The Kier molecular flexibility index (Phi) is 17.6. The van der Waals surface area contributed by atoms with Crippen molar-refractivity contribution in [3.63, 3.8) is 0 Å². The van der Waals surface area contributed by atoms with Crippen LogP contribution in [-0.2, 0) is 0 Å². The molecule has 10 aromatic rings. The third-order valence-corrected chi connectivity index (χ3v) is 17.9. The largest absolute Gasteiger partial charge is 0.497 e. The van der Waals surface area contributed by atoms with Crippen LogP contribution in [0.3, 0.4) is 0 Å². The van der Waals surface area contributed by atoms with Gasteiger partial charge in [-0.2, -0.15) is 0 Å². The summed E-state index contributed by atoms with van der Waals surface area (Å²) in [6.45, 7) is 36.3. The SMILES string of the molecule is COc1cc(C(c2cc(C)cc(C)c2)c2cc(C)cc(C)c2)c(N2C=CN(c3c(C(c4cc(C)cc(C)c4)c4cc(C)cc(C)c4)cc(OC)cc3C(c3cc(C)cc(C)c3)c3cc(C)cc(C)c3)C2)c(C(c2cc(C)cc(C)c2)c2cc(C)cc(C)c2)c1. The zero-order chi connectivity index (χ0) is 63.3. The van der Waals surface area contributed by atoms with Gasteiger partial charge < -0.3 is 19.3 Å². The van der Waals surface area contributed by atoms with Gasteiger partial charge in [-0.25, -0.2) is 0 Å². The lowest BCUT2D eigenvalue weighted by atomic mass is 9.76. The van der Waals surface area contributed by atoms with E-state index in [-0.39, 0.29) is 23.7 Å². The Morgan fingerprint density at radius 1 is 0.225 bits per heavy atom. The van der Waals surface area contributed by atoms with E-state index in [0.29, 0.717) is 6.67 Å². The summed E-state index contributed by atoms with van der Waals surface area (Å²) >= 11 is 0. The van der Waals surface area contributed by atoms with Crippen molar-refractivity contribution in [2.75, 3.05) is 30.7 Å². The fourth-order valence-electron chi connectivity index (χ4n) is 15.4. The maximum absolute atomic E-state index is 6.62. The van der Waals surface area contributed by atoms with Gasteiger partial charge in [0.2, 0.25) is 0 Å². The zero-order valence-electron chi connectivity index (χ0n) is 56.0. The molecule has 0 amide bonds. The number of hydrogen-bond acceptors (Lipinski definition) is 4. The average Bonchev–Trinajstić information content (AvgIpc) is 1.74. The predicted octanol–water partition coefficient (Wildman–Crippen LogP) is 21.1. The predicted molar refractivity (Wildman–Crippen MR) is 376 cm³/mol. The molecule has 0 atom stereocenters. The van der Waals surface area contributed by atoms with E-state index in [9.17, 15) is 0 Å². The third-order valence-electron chi connectivity index (χ3n) is 17.9. The van der Waals surface area contributed by atoms with E-state index in [1.807, 2.05) is 14.2 Å². The van der Waals surface area contributed by atoms with E-state index in [1.165, 1.54) is 156 Å². The summed E-state index contributed by atoms with van der Waals surface area (Å²) in [7, 11) is 3.67. The normalized spacial score (nSPS) is 12.4. The Labute approximate surface area is 532 Å². The Hall–Kier alpha value is -8.86. The van der Waals surface area contributed by atoms with Crippen molar-refractivity contribution in [1.82, 2.24) is 0 Å². The van der Waals surface area contributed by atoms with Gasteiger partial charge in [0, 0.05) is 36.1 Å². The van der Waals surface area contributed by atoms with Crippen LogP contribution in [0.5, 0.6) is 11.5 Å². The minimum atomic E-state index is -0.179. The average molecular weight is 1170 g/mol. The molecule has 0 radical (unpaired) electrons. The molecule has 0 N–H and O–H groups in total. The number of hydrogen-bond donors (Lipinski definition) is 0. The monoisotopic (exact) mass is 1170 g/mol. The molecule has 1 aliphatic heterocycles. The summed E-state index contributed by atoms with van der Waals surface area (Å²) in [5.74, 6) is 0.933.